The standard InChI is InChI=1S/C11H25NO5Si/c1-6-12(7-2,10-11(13)14)8-9-18(15-3,16-4)17-5/h6-10H2,1-5H3/p+1. The molecule has 0 saturated carbocycles. The highest BCUT2D eigenvalue weighted by Crippen LogP contribution is 2.17. The van der Waals surface area contributed by atoms with Gasteiger partial charge in [0.1, 0.15) is 0 Å². The van der Waals surface area contributed by atoms with Crippen LogP contribution in [0.15, 0.2) is 0 Å². The molecule has 0 unspecified atom stereocenters. The zero-order valence-electron chi connectivity index (χ0n) is 12.1. The molecule has 0 heterocycles. The Morgan fingerprint density at radius 2 is 1.56 bits per heavy atom. The zero-order valence-corrected chi connectivity index (χ0v) is 13.1. The summed E-state index contributed by atoms with van der Waals surface area (Å²) < 4.78 is 16.6. The first-order valence-corrected chi connectivity index (χ1v) is 8.08. The molecule has 0 aliphatic rings. The van der Waals surface area contributed by atoms with Crippen molar-refractivity contribution in [3.8, 4) is 0 Å². The average molecular weight is 280 g/mol. The Balaban J connectivity index is 4.73. The molecule has 0 saturated heterocycles. The topological polar surface area (TPSA) is 65.0 Å². The lowest BCUT2D eigenvalue weighted by Crippen LogP contribution is -2.55. The number of hydrogen-bond donors (Lipinski definition) is 1. The van der Waals surface area contributed by atoms with Crippen LogP contribution in [0.4, 0.5) is 0 Å². The second-order valence-corrected chi connectivity index (χ2v) is 7.39. The Morgan fingerprint density at radius 1 is 1.11 bits per heavy atom. The van der Waals surface area contributed by atoms with Crippen molar-refractivity contribution in [3.63, 3.8) is 0 Å². The normalized spacial score (nSPS) is 12.7. The molecule has 0 aromatic heterocycles. The Kier molecular flexibility index (Phi) is 7.65. The molecule has 0 spiro atoms. The number of rotatable bonds is 10. The van der Waals surface area contributed by atoms with E-state index < -0.39 is 14.8 Å². The van der Waals surface area contributed by atoms with E-state index in [0.29, 0.717) is 17.1 Å². The van der Waals surface area contributed by atoms with E-state index in [1.54, 1.807) is 21.3 Å². The van der Waals surface area contributed by atoms with Crippen LogP contribution in [0.3, 0.4) is 0 Å². The van der Waals surface area contributed by atoms with Gasteiger partial charge in [-0.25, -0.2) is 4.79 Å². The fraction of sp³-hybridized carbons (Fsp3) is 0.909. The lowest BCUT2D eigenvalue weighted by atomic mass is 10.3. The van der Waals surface area contributed by atoms with Gasteiger partial charge in [-0.05, 0) is 13.8 Å². The molecule has 0 fully saturated rings. The molecule has 18 heavy (non-hydrogen) atoms. The van der Waals surface area contributed by atoms with E-state index in [2.05, 4.69) is 0 Å². The van der Waals surface area contributed by atoms with Crippen molar-refractivity contribution in [2.45, 2.75) is 19.9 Å². The first kappa shape index (κ1) is 17.5. The number of carboxylic acid groups (broad SMARTS) is 1. The van der Waals surface area contributed by atoms with Gasteiger partial charge < -0.3 is 22.9 Å². The number of hydrogen-bond acceptors (Lipinski definition) is 4. The molecule has 1 N–H and O–H groups in total. The molecule has 0 atom stereocenters. The molecular formula is C11H26NO5Si+. The summed E-state index contributed by atoms with van der Waals surface area (Å²) in [6.07, 6.45) is 0. The Morgan fingerprint density at radius 3 is 1.83 bits per heavy atom. The highest BCUT2D eigenvalue weighted by Gasteiger charge is 2.41. The minimum atomic E-state index is -2.62. The van der Waals surface area contributed by atoms with Gasteiger partial charge in [-0.15, -0.1) is 0 Å². The van der Waals surface area contributed by atoms with Crippen LogP contribution < -0.4 is 0 Å². The highest BCUT2D eigenvalue weighted by molar-refractivity contribution is 6.60. The van der Waals surface area contributed by atoms with Gasteiger partial charge in [0.05, 0.1) is 25.7 Å². The van der Waals surface area contributed by atoms with Crippen molar-refractivity contribution >= 4 is 14.8 Å². The maximum atomic E-state index is 11.0. The Hall–Kier alpha value is -0.473. The SMILES string of the molecule is CC[N+](CC)(CC[Si](OC)(OC)OC)CC(=O)O. The predicted molar refractivity (Wildman–Crippen MR) is 70.3 cm³/mol. The van der Waals surface area contributed by atoms with E-state index >= 15 is 0 Å². The van der Waals surface area contributed by atoms with Gasteiger partial charge in [-0.1, -0.05) is 0 Å². The summed E-state index contributed by atoms with van der Waals surface area (Å²) in [5.41, 5.74) is 0. The number of carbonyl (C=O) groups is 1. The van der Waals surface area contributed by atoms with Crippen LogP contribution in [0.2, 0.25) is 6.04 Å². The van der Waals surface area contributed by atoms with Gasteiger partial charge in [0, 0.05) is 21.3 Å². The largest absolute Gasteiger partial charge is 0.505 e. The van der Waals surface area contributed by atoms with Gasteiger partial charge in [0.25, 0.3) is 0 Å². The lowest BCUT2D eigenvalue weighted by molar-refractivity contribution is -0.916. The Labute approximate surface area is 110 Å². The number of aliphatic carboxylic acids is 1. The van der Waals surface area contributed by atoms with E-state index in [4.69, 9.17) is 18.4 Å². The molecule has 7 heteroatoms. The third-order valence-electron chi connectivity index (χ3n) is 3.64. The molecule has 0 aliphatic carbocycles. The zero-order chi connectivity index (χ0) is 14.2. The van der Waals surface area contributed by atoms with E-state index in [0.717, 1.165) is 13.1 Å². The van der Waals surface area contributed by atoms with Crippen LogP contribution in [0.1, 0.15) is 13.8 Å². The monoisotopic (exact) mass is 280 g/mol. The third-order valence-corrected chi connectivity index (χ3v) is 6.34. The van der Waals surface area contributed by atoms with Crippen LogP contribution in [-0.2, 0) is 18.1 Å². The summed E-state index contributed by atoms with van der Waals surface area (Å²) in [7, 11) is 2.10. The molecule has 108 valence electrons. The smallest absolute Gasteiger partial charge is 0.477 e. The minimum absolute atomic E-state index is 0.120. The average Bonchev–Trinajstić information content (AvgIpc) is 2.39. The molecule has 0 bridgehead atoms. The van der Waals surface area contributed by atoms with E-state index in [-0.39, 0.29) is 6.54 Å². The molecule has 0 aliphatic heterocycles. The second-order valence-electron chi connectivity index (χ2n) is 4.29. The van der Waals surface area contributed by atoms with Crippen molar-refractivity contribution in [2.75, 3.05) is 47.5 Å². The van der Waals surface area contributed by atoms with Gasteiger partial charge in [0.2, 0.25) is 0 Å². The summed E-state index contributed by atoms with van der Waals surface area (Å²) in [4.78, 5) is 11.0. The van der Waals surface area contributed by atoms with Gasteiger partial charge >= 0.3 is 14.8 Å². The minimum Gasteiger partial charge on any atom is -0.477 e. The van der Waals surface area contributed by atoms with Crippen molar-refractivity contribution in [2.24, 2.45) is 0 Å². The molecule has 0 aromatic rings. The first-order chi connectivity index (χ1) is 8.43. The summed E-state index contributed by atoms with van der Waals surface area (Å²) in [5.74, 6) is -0.779. The first-order valence-electron chi connectivity index (χ1n) is 6.15. The van der Waals surface area contributed by atoms with Crippen molar-refractivity contribution < 1.29 is 27.7 Å². The number of likely N-dealkylation sites (N-methyl/N-ethyl adjacent to an activating group) is 1. The molecule has 0 radical (unpaired) electrons. The Bertz CT molecular complexity index is 246. The fourth-order valence-corrected chi connectivity index (χ4v) is 3.92. The van der Waals surface area contributed by atoms with Gasteiger partial charge in [-0.3, -0.25) is 0 Å². The van der Waals surface area contributed by atoms with E-state index in [1.165, 1.54) is 0 Å². The van der Waals surface area contributed by atoms with Crippen LogP contribution in [0, 0.1) is 0 Å². The molecular weight excluding hydrogens is 254 g/mol. The number of nitrogens with zero attached hydrogens (tertiary/aromatic N) is 1. The van der Waals surface area contributed by atoms with Crippen molar-refractivity contribution in [1.29, 1.82) is 0 Å². The molecule has 0 aromatic carbocycles. The number of carboxylic acids is 1. The summed E-state index contributed by atoms with van der Waals surface area (Å²) in [6.45, 7) is 6.34. The highest BCUT2D eigenvalue weighted by atomic mass is 28.4. The van der Waals surface area contributed by atoms with Crippen LogP contribution in [-0.4, -0.2) is 71.9 Å². The third kappa shape index (κ3) is 4.66. The van der Waals surface area contributed by atoms with Crippen molar-refractivity contribution in [1.82, 2.24) is 0 Å². The van der Waals surface area contributed by atoms with E-state index in [9.17, 15) is 4.79 Å². The predicted octanol–water partition coefficient (Wildman–Crippen LogP) is 0.806. The molecule has 0 rings (SSSR count). The molecule has 0 amide bonds. The summed E-state index contributed by atoms with van der Waals surface area (Å²) in [6, 6.07) is 0.617. The van der Waals surface area contributed by atoms with Crippen LogP contribution in [0.5, 0.6) is 0 Å². The van der Waals surface area contributed by atoms with Gasteiger partial charge in [0.15, 0.2) is 6.54 Å². The fourth-order valence-electron chi connectivity index (χ4n) is 2.06. The maximum absolute atomic E-state index is 11.0. The summed E-state index contributed by atoms with van der Waals surface area (Å²) >= 11 is 0. The van der Waals surface area contributed by atoms with Crippen LogP contribution >= 0.6 is 0 Å². The second kappa shape index (κ2) is 7.85. The van der Waals surface area contributed by atoms with Crippen LogP contribution in [0.25, 0.3) is 0 Å². The molecule has 6 nitrogen and oxygen atoms in total. The lowest BCUT2D eigenvalue weighted by Gasteiger charge is -2.37. The number of quaternary nitrogens is 1. The summed E-state index contributed by atoms with van der Waals surface area (Å²) in [5, 5.41) is 9.01. The maximum Gasteiger partial charge on any atom is 0.505 e. The van der Waals surface area contributed by atoms with Crippen molar-refractivity contribution in [3.05, 3.63) is 0 Å². The van der Waals surface area contributed by atoms with E-state index in [1.807, 2.05) is 13.8 Å². The quantitative estimate of drug-likeness (QED) is 0.474. The van der Waals surface area contributed by atoms with Gasteiger partial charge in [-0.2, -0.15) is 0 Å².